The average Bonchev–Trinajstić information content (AvgIpc) is 2.16. The number of hydrogen-bond acceptors (Lipinski definition) is 1. The second kappa shape index (κ2) is 4.64. The summed E-state index contributed by atoms with van der Waals surface area (Å²) in [4.78, 5) is 0. The first-order valence-corrected chi connectivity index (χ1v) is 5.44. The van der Waals surface area contributed by atoms with E-state index in [0.717, 1.165) is 31.4 Å². The van der Waals surface area contributed by atoms with E-state index in [-0.39, 0.29) is 18.3 Å². The quantitative estimate of drug-likeness (QED) is 0.737. The highest BCUT2D eigenvalue weighted by Gasteiger charge is 2.31. The van der Waals surface area contributed by atoms with Gasteiger partial charge in [0.1, 0.15) is 5.82 Å². The molecule has 0 N–H and O–H groups in total. The van der Waals surface area contributed by atoms with Gasteiger partial charge < -0.3 is 4.74 Å². The Morgan fingerprint density at radius 2 is 1.94 bits per heavy atom. The maximum atomic E-state index is 13.4. The van der Waals surface area contributed by atoms with Gasteiger partial charge in [0.25, 0.3) is 0 Å². The number of benzene rings is 1. The molecular formula is C12H12F4O. The summed E-state index contributed by atoms with van der Waals surface area (Å²) < 4.78 is 55.6. The zero-order valence-corrected chi connectivity index (χ0v) is 9.06. The lowest BCUT2D eigenvalue weighted by Gasteiger charge is -2.25. The summed E-state index contributed by atoms with van der Waals surface area (Å²) in [6.07, 6.45) is -1.38. The summed E-state index contributed by atoms with van der Waals surface area (Å²) in [7, 11) is 0. The molecule has 0 amide bonds. The van der Waals surface area contributed by atoms with Gasteiger partial charge in [-0.1, -0.05) is 6.07 Å². The molecule has 1 fully saturated rings. The van der Waals surface area contributed by atoms with Crippen molar-refractivity contribution in [3.63, 3.8) is 0 Å². The van der Waals surface area contributed by atoms with E-state index in [9.17, 15) is 17.6 Å². The summed E-state index contributed by atoms with van der Waals surface area (Å²) in [5, 5.41) is 0. The van der Waals surface area contributed by atoms with Crippen LogP contribution in [0.3, 0.4) is 0 Å². The molecule has 0 saturated heterocycles. The Morgan fingerprint density at radius 1 is 1.24 bits per heavy atom. The van der Waals surface area contributed by atoms with Crippen LogP contribution in [0.1, 0.15) is 30.4 Å². The third kappa shape index (κ3) is 2.97. The first-order chi connectivity index (χ1) is 7.97. The van der Waals surface area contributed by atoms with Crippen LogP contribution in [0, 0.1) is 5.82 Å². The molecule has 1 aliphatic rings. The first kappa shape index (κ1) is 12.4. The Morgan fingerprint density at radius 3 is 2.41 bits per heavy atom. The van der Waals surface area contributed by atoms with Crippen LogP contribution in [-0.2, 0) is 17.5 Å². The molecule has 0 radical (unpaired) electrons. The second-order valence-electron chi connectivity index (χ2n) is 4.17. The van der Waals surface area contributed by atoms with Crippen LogP contribution in [0.15, 0.2) is 18.2 Å². The molecule has 17 heavy (non-hydrogen) atoms. The number of halogens is 4. The molecule has 0 bridgehead atoms. The number of hydrogen-bond donors (Lipinski definition) is 0. The van der Waals surface area contributed by atoms with Crippen LogP contribution >= 0.6 is 0 Å². The van der Waals surface area contributed by atoms with E-state index in [4.69, 9.17) is 4.74 Å². The zero-order valence-electron chi connectivity index (χ0n) is 9.06. The van der Waals surface area contributed by atoms with Crippen molar-refractivity contribution in [1.82, 2.24) is 0 Å². The molecule has 1 aliphatic carbocycles. The lowest BCUT2D eigenvalue weighted by atomic mass is 9.96. The van der Waals surface area contributed by atoms with E-state index < -0.39 is 17.6 Å². The van der Waals surface area contributed by atoms with Crippen molar-refractivity contribution in [2.75, 3.05) is 0 Å². The third-order valence-corrected chi connectivity index (χ3v) is 2.91. The zero-order chi connectivity index (χ0) is 12.5. The summed E-state index contributed by atoms with van der Waals surface area (Å²) >= 11 is 0. The van der Waals surface area contributed by atoms with E-state index in [1.807, 2.05) is 0 Å². The maximum Gasteiger partial charge on any atom is 0.416 e. The van der Waals surface area contributed by atoms with Crippen LogP contribution in [0.2, 0.25) is 0 Å². The van der Waals surface area contributed by atoms with Crippen LogP contribution in [0.25, 0.3) is 0 Å². The largest absolute Gasteiger partial charge is 0.416 e. The molecule has 0 aliphatic heterocycles. The molecule has 0 spiro atoms. The van der Waals surface area contributed by atoms with Gasteiger partial charge >= 0.3 is 6.18 Å². The van der Waals surface area contributed by atoms with Crippen LogP contribution in [0.4, 0.5) is 17.6 Å². The second-order valence-corrected chi connectivity index (χ2v) is 4.17. The van der Waals surface area contributed by atoms with Crippen LogP contribution in [-0.4, -0.2) is 6.10 Å². The highest BCUT2D eigenvalue weighted by atomic mass is 19.4. The fourth-order valence-corrected chi connectivity index (χ4v) is 1.59. The molecule has 1 saturated carbocycles. The number of rotatable bonds is 3. The molecule has 1 aromatic rings. The summed E-state index contributed by atoms with van der Waals surface area (Å²) in [5.41, 5.74) is -0.799. The van der Waals surface area contributed by atoms with Crippen LogP contribution < -0.4 is 0 Å². The normalized spacial score (nSPS) is 16.9. The van der Waals surface area contributed by atoms with Gasteiger partial charge in [0.15, 0.2) is 0 Å². The highest BCUT2D eigenvalue weighted by Crippen LogP contribution is 2.30. The molecule has 0 atom stereocenters. The average molecular weight is 248 g/mol. The minimum absolute atomic E-state index is 0.0363. The molecule has 2 rings (SSSR count). The Labute approximate surface area is 96.4 Å². The van der Waals surface area contributed by atoms with E-state index in [1.165, 1.54) is 0 Å². The molecule has 0 aromatic heterocycles. The van der Waals surface area contributed by atoms with Gasteiger partial charge in [-0.25, -0.2) is 4.39 Å². The van der Waals surface area contributed by atoms with Crippen molar-refractivity contribution in [2.45, 2.75) is 38.1 Å². The molecule has 0 heterocycles. The topological polar surface area (TPSA) is 9.23 Å². The maximum absolute atomic E-state index is 13.4. The fourth-order valence-electron chi connectivity index (χ4n) is 1.59. The van der Waals surface area contributed by atoms with E-state index >= 15 is 0 Å². The Kier molecular flexibility index (Phi) is 3.38. The number of alkyl halides is 3. The van der Waals surface area contributed by atoms with Crippen molar-refractivity contribution in [3.05, 3.63) is 35.1 Å². The Hall–Kier alpha value is -1.10. The van der Waals surface area contributed by atoms with Crippen molar-refractivity contribution >= 4 is 0 Å². The van der Waals surface area contributed by atoms with Gasteiger partial charge in [-0.3, -0.25) is 0 Å². The summed E-state index contributed by atoms with van der Waals surface area (Å²) in [6.45, 7) is 0.0363. The van der Waals surface area contributed by atoms with Gasteiger partial charge in [-0.05, 0) is 31.4 Å². The number of ether oxygens (including phenoxy) is 1. The van der Waals surface area contributed by atoms with Gasteiger partial charge in [0.2, 0.25) is 0 Å². The van der Waals surface area contributed by atoms with E-state index in [1.54, 1.807) is 0 Å². The van der Waals surface area contributed by atoms with Gasteiger partial charge in [0.05, 0.1) is 18.3 Å². The first-order valence-electron chi connectivity index (χ1n) is 5.44. The Balaban J connectivity index is 2.03. The van der Waals surface area contributed by atoms with Gasteiger partial charge in [-0.2, -0.15) is 13.2 Å². The smallest absolute Gasteiger partial charge is 0.373 e. The predicted octanol–water partition coefficient (Wildman–Crippen LogP) is 3.91. The lowest BCUT2D eigenvalue weighted by molar-refractivity contribution is -0.137. The monoisotopic (exact) mass is 248 g/mol. The van der Waals surface area contributed by atoms with Gasteiger partial charge in [0, 0.05) is 5.56 Å². The van der Waals surface area contributed by atoms with E-state index in [2.05, 4.69) is 0 Å². The minimum Gasteiger partial charge on any atom is -0.373 e. The van der Waals surface area contributed by atoms with Crippen LogP contribution in [0.5, 0.6) is 0 Å². The van der Waals surface area contributed by atoms with Gasteiger partial charge in [-0.15, -0.1) is 0 Å². The SMILES string of the molecule is Fc1cc(C(F)(F)F)ccc1COC1CCC1. The molecule has 1 aromatic carbocycles. The molecule has 0 unspecified atom stereocenters. The minimum atomic E-state index is -4.51. The highest BCUT2D eigenvalue weighted by molar-refractivity contribution is 5.25. The third-order valence-electron chi connectivity index (χ3n) is 2.91. The molecule has 1 nitrogen and oxygen atoms in total. The lowest BCUT2D eigenvalue weighted by Crippen LogP contribution is -2.21. The fraction of sp³-hybridized carbons (Fsp3) is 0.500. The molecule has 94 valence electrons. The standard InChI is InChI=1S/C12H12F4O/c13-11-6-9(12(14,15)16)5-4-8(11)7-17-10-2-1-3-10/h4-6,10H,1-3,7H2. The van der Waals surface area contributed by atoms with Crippen molar-refractivity contribution in [1.29, 1.82) is 0 Å². The predicted molar refractivity (Wildman–Crippen MR) is 53.8 cm³/mol. The summed E-state index contributed by atoms with van der Waals surface area (Å²) in [6, 6.07) is 2.53. The Bertz CT molecular complexity index is 396. The van der Waals surface area contributed by atoms with E-state index in [0.29, 0.717) is 6.07 Å². The van der Waals surface area contributed by atoms with Crippen molar-refractivity contribution < 1.29 is 22.3 Å². The van der Waals surface area contributed by atoms with Crippen molar-refractivity contribution in [2.24, 2.45) is 0 Å². The molecular weight excluding hydrogens is 236 g/mol. The van der Waals surface area contributed by atoms with Crippen molar-refractivity contribution in [3.8, 4) is 0 Å². The molecule has 5 heteroatoms. The summed E-state index contributed by atoms with van der Waals surface area (Å²) in [5.74, 6) is -0.862.